The first-order valence-electron chi connectivity index (χ1n) is 11.6. The van der Waals surface area contributed by atoms with Crippen molar-refractivity contribution in [2.45, 2.75) is 39.5 Å². The van der Waals surface area contributed by atoms with E-state index in [1.807, 2.05) is 67.8 Å². The Morgan fingerprint density at radius 3 is 2.35 bits per heavy atom. The van der Waals surface area contributed by atoms with Crippen LogP contribution in [0.3, 0.4) is 0 Å². The number of ether oxygens (including phenoxy) is 1. The number of nitrogens with one attached hydrogen (secondary N) is 1. The molecule has 0 saturated heterocycles. The number of benzene rings is 3. The van der Waals surface area contributed by atoms with Crippen molar-refractivity contribution in [3.05, 3.63) is 98.9 Å². The third-order valence-corrected chi connectivity index (χ3v) is 6.70. The van der Waals surface area contributed by atoms with Gasteiger partial charge in [-0.15, -0.1) is 10.2 Å². The van der Waals surface area contributed by atoms with Crippen LogP contribution >= 0.6 is 11.8 Å². The van der Waals surface area contributed by atoms with E-state index in [0.717, 1.165) is 28.1 Å². The zero-order valence-electron chi connectivity index (χ0n) is 21.0. The van der Waals surface area contributed by atoms with Gasteiger partial charge in [-0.25, -0.2) is 0 Å². The minimum Gasteiger partial charge on any atom is -0.485 e. The molecule has 0 aliphatic rings. The summed E-state index contributed by atoms with van der Waals surface area (Å²) in [5.41, 5.74) is 5.18. The van der Waals surface area contributed by atoms with E-state index in [1.165, 1.54) is 30.0 Å². The Labute approximate surface area is 219 Å². The van der Waals surface area contributed by atoms with Crippen LogP contribution in [0.15, 0.2) is 65.8 Å². The fraction of sp³-hybridized carbons (Fsp3) is 0.222. The second-order valence-electron chi connectivity index (χ2n) is 8.67. The number of rotatable bonds is 9. The number of non-ortho nitro benzene ring substituents is 1. The Morgan fingerprint density at radius 1 is 1.00 bits per heavy atom. The number of hydrogen-bond acceptors (Lipinski definition) is 7. The van der Waals surface area contributed by atoms with E-state index >= 15 is 0 Å². The number of nitro benzene ring substituents is 1. The highest BCUT2D eigenvalue weighted by Gasteiger charge is 2.18. The van der Waals surface area contributed by atoms with Gasteiger partial charge in [-0.1, -0.05) is 47.7 Å². The van der Waals surface area contributed by atoms with Crippen LogP contribution < -0.4 is 10.1 Å². The molecule has 1 aromatic heterocycles. The number of aromatic nitrogens is 3. The van der Waals surface area contributed by atoms with Crippen LogP contribution in [0.25, 0.3) is 5.69 Å². The predicted octanol–water partition coefficient (Wildman–Crippen LogP) is 5.72. The molecule has 0 aliphatic heterocycles. The number of para-hydroxylation sites is 1. The van der Waals surface area contributed by atoms with E-state index in [0.29, 0.717) is 22.2 Å². The zero-order valence-corrected chi connectivity index (χ0v) is 21.8. The number of nitrogens with zero attached hydrogens (tertiary/aromatic N) is 4. The van der Waals surface area contributed by atoms with Gasteiger partial charge in [0.25, 0.3) is 5.69 Å². The largest absolute Gasteiger partial charge is 0.485 e. The molecular formula is C27H27N5O4S. The SMILES string of the molecule is Cc1ccc(-n2c(COc3c(C)cccc3C)nnc2SCC(=O)Nc2ccc([N+](=O)[O-])cc2C)cc1. The van der Waals surface area contributed by atoms with Gasteiger partial charge in [0.2, 0.25) is 5.91 Å². The summed E-state index contributed by atoms with van der Waals surface area (Å²) in [5.74, 6) is 1.25. The van der Waals surface area contributed by atoms with Crippen molar-refractivity contribution in [2.24, 2.45) is 0 Å². The molecule has 0 unspecified atom stereocenters. The van der Waals surface area contributed by atoms with Crippen molar-refractivity contribution in [1.29, 1.82) is 0 Å². The lowest BCUT2D eigenvalue weighted by atomic mass is 10.1. The number of nitro groups is 1. The molecule has 4 aromatic rings. The predicted molar refractivity (Wildman–Crippen MR) is 144 cm³/mol. The van der Waals surface area contributed by atoms with Crippen molar-refractivity contribution < 1.29 is 14.5 Å². The number of carbonyl (C=O) groups excluding carboxylic acids is 1. The summed E-state index contributed by atoms with van der Waals surface area (Å²) >= 11 is 1.25. The Bertz CT molecular complexity index is 1430. The van der Waals surface area contributed by atoms with Gasteiger partial charge in [0.05, 0.1) is 10.7 Å². The molecule has 0 spiro atoms. The molecule has 10 heteroatoms. The molecule has 1 heterocycles. The summed E-state index contributed by atoms with van der Waals surface area (Å²) in [6.45, 7) is 7.94. The lowest BCUT2D eigenvalue weighted by molar-refractivity contribution is -0.384. The molecule has 0 fully saturated rings. The third kappa shape index (κ3) is 6.15. The number of hydrogen-bond donors (Lipinski definition) is 1. The van der Waals surface area contributed by atoms with E-state index in [1.54, 1.807) is 6.92 Å². The van der Waals surface area contributed by atoms with E-state index in [9.17, 15) is 14.9 Å². The molecule has 0 aliphatic carbocycles. The lowest BCUT2D eigenvalue weighted by Crippen LogP contribution is -2.15. The van der Waals surface area contributed by atoms with Crippen LogP contribution in [0.1, 0.15) is 28.1 Å². The van der Waals surface area contributed by atoms with Gasteiger partial charge in [0.15, 0.2) is 11.0 Å². The lowest BCUT2D eigenvalue weighted by Gasteiger charge is -2.14. The number of aryl methyl sites for hydroxylation is 4. The van der Waals surface area contributed by atoms with Crippen LogP contribution in [0.4, 0.5) is 11.4 Å². The van der Waals surface area contributed by atoms with Crippen LogP contribution in [-0.4, -0.2) is 31.3 Å². The summed E-state index contributed by atoms with van der Waals surface area (Å²) in [6, 6.07) is 18.3. The molecular weight excluding hydrogens is 490 g/mol. The molecule has 4 rings (SSSR count). The summed E-state index contributed by atoms with van der Waals surface area (Å²) in [7, 11) is 0. The zero-order chi connectivity index (χ0) is 26.5. The second-order valence-corrected chi connectivity index (χ2v) is 9.62. The summed E-state index contributed by atoms with van der Waals surface area (Å²) < 4.78 is 8.03. The monoisotopic (exact) mass is 517 g/mol. The minimum absolute atomic E-state index is 0.0216. The summed E-state index contributed by atoms with van der Waals surface area (Å²) in [5, 5.41) is 23.0. The van der Waals surface area contributed by atoms with Gasteiger partial charge in [-0.3, -0.25) is 19.5 Å². The molecule has 37 heavy (non-hydrogen) atoms. The molecule has 0 bridgehead atoms. The van der Waals surface area contributed by atoms with Gasteiger partial charge in [-0.05, 0) is 62.6 Å². The smallest absolute Gasteiger partial charge is 0.269 e. The molecule has 190 valence electrons. The average molecular weight is 518 g/mol. The highest BCUT2D eigenvalue weighted by Crippen LogP contribution is 2.27. The molecule has 9 nitrogen and oxygen atoms in total. The summed E-state index contributed by atoms with van der Waals surface area (Å²) in [6.07, 6.45) is 0. The van der Waals surface area contributed by atoms with Gasteiger partial charge < -0.3 is 10.1 Å². The van der Waals surface area contributed by atoms with Crippen molar-refractivity contribution in [1.82, 2.24) is 14.8 Å². The standard InChI is InChI=1S/C27H27N5O4S/c1-17-8-10-21(11-9-17)31-24(15-36-26-18(2)6-5-7-19(26)3)29-30-27(31)37-16-25(33)28-23-13-12-22(32(34)35)14-20(23)4/h5-14H,15-16H2,1-4H3,(H,28,33). The number of amides is 1. The number of thioether (sulfide) groups is 1. The topological polar surface area (TPSA) is 112 Å². The Hall–Kier alpha value is -4.18. The summed E-state index contributed by atoms with van der Waals surface area (Å²) in [4.78, 5) is 23.2. The highest BCUT2D eigenvalue weighted by atomic mass is 32.2. The van der Waals surface area contributed by atoms with Crippen molar-refractivity contribution in [3.63, 3.8) is 0 Å². The first-order valence-corrected chi connectivity index (χ1v) is 12.6. The maximum absolute atomic E-state index is 12.7. The Kier molecular flexibility index (Phi) is 7.88. The van der Waals surface area contributed by atoms with Crippen molar-refractivity contribution >= 4 is 29.0 Å². The first-order chi connectivity index (χ1) is 17.7. The van der Waals surface area contributed by atoms with Gasteiger partial charge in [-0.2, -0.15) is 0 Å². The molecule has 3 aromatic carbocycles. The first kappa shape index (κ1) is 25.9. The highest BCUT2D eigenvalue weighted by molar-refractivity contribution is 7.99. The van der Waals surface area contributed by atoms with Gasteiger partial charge in [0.1, 0.15) is 12.4 Å². The minimum atomic E-state index is -0.464. The Balaban J connectivity index is 1.52. The van der Waals surface area contributed by atoms with Crippen LogP contribution in [0.5, 0.6) is 5.75 Å². The quantitative estimate of drug-likeness (QED) is 0.172. The van der Waals surface area contributed by atoms with E-state index < -0.39 is 4.92 Å². The maximum atomic E-state index is 12.7. The van der Waals surface area contributed by atoms with Crippen molar-refractivity contribution in [2.75, 3.05) is 11.1 Å². The van der Waals surface area contributed by atoms with Crippen molar-refractivity contribution in [3.8, 4) is 11.4 Å². The van der Waals surface area contributed by atoms with Gasteiger partial charge in [0, 0.05) is 23.5 Å². The van der Waals surface area contributed by atoms with Crippen LogP contribution in [-0.2, 0) is 11.4 Å². The molecule has 0 atom stereocenters. The Morgan fingerprint density at radius 2 is 1.70 bits per heavy atom. The second kappa shape index (κ2) is 11.3. The van der Waals surface area contributed by atoms with E-state index in [4.69, 9.17) is 4.74 Å². The third-order valence-electron chi connectivity index (χ3n) is 5.77. The molecule has 0 radical (unpaired) electrons. The molecule has 1 amide bonds. The van der Waals surface area contributed by atoms with Crippen LogP contribution in [0, 0.1) is 37.8 Å². The van der Waals surface area contributed by atoms with E-state index in [2.05, 4.69) is 15.5 Å². The molecule has 1 N–H and O–H groups in total. The van der Waals surface area contributed by atoms with Gasteiger partial charge >= 0.3 is 0 Å². The normalized spacial score (nSPS) is 10.8. The number of anilines is 1. The average Bonchev–Trinajstić information content (AvgIpc) is 3.27. The maximum Gasteiger partial charge on any atom is 0.269 e. The van der Waals surface area contributed by atoms with Crippen LogP contribution in [0.2, 0.25) is 0 Å². The fourth-order valence-corrected chi connectivity index (χ4v) is 4.59. The molecule has 0 saturated carbocycles. The van der Waals surface area contributed by atoms with E-state index in [-0.39, 0.29) is 24.0 Å². The number of carbonyl (C=O) groups is 1. The fourth-order valence-electron chi connectivity index (χ4n) is 3.82.